The molecule has 0 saturated heterocycles. The van der Waals surface area contributed by atoms with Gasteiger partial charge >= 0.3 is 0 Å². The summed E-state index contributed by atoms with van der Waals surface area (Å²) in [7, 11) is 3.35. The Morgan fingerprint density at radius 1 is 1.43 bits per heavy atom. The van der Waals surface area contributed by atoms with Crippen LogP contribution in [0, 0.1) is 10.1 Å². The molecular weight excluding hydrogens is 272 g/mol. The molecule has 0 atom stereocenters. The number of rotatable bonds is 5. The molecule has 1 aromatic heterocycles. The van der Waals surface area contributed by atoms with Crippen molar-refractivity contribution in [1.29, 1.82) is 0 Å². The average molecular weight is 290 g/mol. The first-order valence-electron chi connectivity index (χ1n) is 6.45. The van der Waals surface area contributed by atoms with Crippen LogP contribution in [0.15, 0.2) is 30.7 Å². The van der Waals surface area contributed by atoms with Crippen LogP contribution in [0.3, 0.4) is 0 Å². The Morgan fingerprint density at radius 3 is 2.71 bits per heavy atom. The second kappa shape index (κ2) is 5.53. The molecule has 112 valence electrons. The number of imidazole rings is 1. The first kappa shape index (κ1) is 15.0. The number of nitrogens with one attached hydrogen (secondary N) is 1. The molecule has 1 heterocycles. The van der Waals surface area contributed by atoms with E-state index in [1.807, 2.05) is 25.5 Å². The van der Waals surface area contributed by atoms with Crippen LogP contribution in [-0.2, 0) is 5.54 Å². The molecule has 0 aliphatic rings. The van der Waals surface area contributed by atoms with Crippen LogP contribution in [0.25, 0.3) is 5.69 Å². The normalized spacial score (nSPS) is 11.4. The summed E-state index contributed by atoms with van der Waals surface area (Å²) in [6.45, 7) is 4.05. The van der Waals surface area contributed by atoms with Crippen LogP contribution in [0.5, 0.6) is 5.75 Å². The van der Waals surface area contributed by atoms with Crippen molar-refractivity contribution in [2.45, 2.75) is 19.4 Å². The summed E-state index contributed by atoms with van der Waals surface area (Å²) in [6.07, 6.45) is 3.43. The van der Waals surface area contributed by atoms with Crippen molar-refractivity contribution in [3.8, 4) is 11.4 Å². The van der Waals surface area contributed by atoms with Crippen LogP contribution in [0.2, 0.25) is 0 Å². The third kappa shape index (κ3) is 2.73. The number of hydrogen-bond donors (Lipinski definition) is 1. The van der Waals surface area contributed by atoms with Crippen molar-refractivity contribution < 1.29 is 9.66 Å². The Morgan fingerprint density at radius 2 is 2.14 bits per heavy atom. The third-order valence-electron chi connectivity index (χ3n) is 3.54. The van der Waals surface area contributed by atoms with Crippen molar-refractivity contribution in [2.75, 3.05) is 14.2 Å². The molecule has 2 rings (SSSR count). The third-order valence-corrected chi connectivity index (χ3v) is 3.54. The predicted octanol–water partition coefficient (Wildman–Crippen LogP) is 2.24. The molecule has 21 heavy (non-hydrogen) atoms. The summed E-state index contributed by atoms with van der Waals surface area (Å²) >= 11 is 0. The molecule has 0 fully saturated rings. The van der Waals surface area contributed by atoms with Gasteiger partial charge in [0.1, 0.15) is 5.75 Å². The van der Waals surface area contributed by atoms with Gasteiger partial charge in [-0.3, -0.25) is 14.7 Å². The van der Waals surface area contributed by atoms with Gasteiger partial charge in [-0.25, -0.2) is 4.98 Å². The first-order valence-corrected chi connectivity index (χ1v) is 6.45. The van der Waals surface area contributed by atoms with Crippen molar-refractivity contribution in [3.05, 3.63) is 46.5 Å². The van der Waals surface area contributed by atoms with Crippen molar-refractivity contribution >= 4 is 5.69 Å². The summed E-state index contributed by atoms with van der Waals surface area (Å²) in [6, 6.07) is 4.52. The Balaban J connectivity index is 2.58. The molecule has 0 spiro atoms. The lowest BCUT2D eigenvalue weighted by Crippen LogP contribution is -2.35. The Kier molecular flexibility index (Phi) is 3.95. The maximum absolute atomic E-state index is 10.9. The fraction of sp³-hybridized carbons (Fsp3) is 0.357. The van der Waals surface area contributed by atoms with Gasteiger partial charge in [0.2, 0.25) is 0 Å². The molecule has 0 unspecified atom stereocenters. The number of aromatic nitrogens is 2. The second-order valence-corrected chi connectivity index (χ2v) is 5.14. The number of nitrogens with zero attached hydrogens (tertiary/aromatic N) is 3. The highest BCUT2D eigenvalue weighted by atomic mass is 16.6. The summed E-state index contributed by atoms with van der Waals surface area (Å²) in [4.78, 5) is 14.6. The first-order chi connectivity index (χ1) is 9.90. The zero-order valence-corrected chi connectivity index (χ0v) is 12.5. The number of ether oxygens (including phenoxy) is 1. The van der Waals surface area contributed by atoms with E-state index in [0.717, 1.165) is 5.69 Å². The molecule has 2 aromatic rings. The smallest absolute Gasteiger partial charge is 0.273 e. The van der Waals surface area contributed by atoms with E-state index in [0.29, 0.717) is 11.4 Å². The molecule has 7 heteroatoms. The molecule has 0 aliphatic carbocycles. The van der Waals surface area contributed by atoms with Crippen molar-refractivity contribution in [3.63, 3.8) is 0 Å². The van der Waals surface area contributed by atoms with Crippen LogP contribution in [0.1, 0.15) is 19.5 Å². The molecule has 0 saturated carbocycles. The Hall–Kier alpha value is -2.41. The van der Waals surface area contributed by atoms with Crippen molar-refractivity contribution in [2.24, 2.45) is 0 Å². The van der Waals surface area contributed by atoms with Crippen LogP contribution in [-0.4, -0.2) is 28.6 Å². The fourth-order valence-electron chi connectivity index (χ4n) is 2.06. The molecule has 0 amide bonds. The van der Waals surface area contributed by atoms with E-state index in [2.05, 4.69) is 10.3 Å². The standard InChI is InChI=1S/C14H18N4O3/c1-14(2,15-3)13-8-16-9-17(13)11-6-5-10(18(19)20)7-12(11)21-4/h5-9,15H,1-4H3. The highest BCUT2D eigenvalue weighted by molar-refractivity contribution is 5.54. The minimum absolute atomic E-state index is 0.00913. The minimum atomic E-state index is -0.446. The van der Waals surface area contributed by atoms with E-state index in [-0.39, 0.29) is 11.2 Å². The Bertz CT molecular complexity index is 664. The van der Waals surface area contributed by atoms with E-state index in [4.69, 9.17) is 4.74 Å². The van der Waals surface area contributed by atoms with Crippen LogP contribution < -0.4 is 10.1 Å². The lowest BCUT2D eigenvalue weighted by Gasteiger charge is -2.25. The largest absolute Gasteiger partial charge is 0.494 e. The lowest BCUT2D eigenvalue weighted by molar-refractivity contribution is -0.384. The monoisotopic (exact) mass is 290 g/mol. The molecular formula is C14H18N4O3. The zero-order valence-electron chi connectivity index (χ0n) is 12.5. The topological polar surface area (TPSA) is 82.2 Å². The van der Waals surface area contributed by atoms with Gasteiger partial charge in [-0.15, -0.1) is 0 Å². The molecule has 7 nitrogen and oxygen atoms in total. The van der Waals surface area contributed by atoms with E-state index >= 15 is 0 Å². The van der Waals surface area contributed by atoms with Gasteiger partial charge in [0.15, 0.2) is 0 Å². The van der Waals surface area contributed by atoms with Gasteiger partial charge in [-0.1, -0.05) is 0 Å². The summed E-state index contributed by atoms with van der Waals surface area (Å²) in [5.41, 5.74) is 1.32. The highest BCUT2D eigenvalue weighted by Gasteiger charge is 2.24. The maximum atomic E-state index is 10.9. The van der Waals surface area contributed by atoms with Gasteiger partial charge in [-0.05, 0) is 27.0 Å². The summed E-state index contributed by atoms with van der Waals surface area (Å²) in [5, 5.41) is 14.1. The number of benzene rings is 1. The maximum Gasteiger partial charge on any atom is 0.273 e. The number of methoxy groups -OCH3 is 1. The summed E-state index contributed by atoms with van der Waals surface area (Å²) in [5.74, 6) is 0.426. The minimum Gasteiger partial charge on any atom is -0.494 e. The molecule has 0 radical (unpaired) electrons. The molecule has 1 N–H and O–H groups in total. The number of nitro benzene ring substituents is 1. The number of non-ortho nitro benzene ring substituents is 1. The number of hydrogen-bond acceptors (Lipinski definition) is 5. The lowest BCUT2D eigenvalue weighted by atomic mass is 10.0. The quantitative estimate of drug-likeness (QED) is 0.674. The average Bonchev–Trinajstić information content (AvgIpc) is 2.96. The van der Waals surface area contributed by atoms with E-state index in [1.54, 1.807) is 18.6 Å². The van der Waals surface area contributed by atoms with E-state index in [9.17, 15) is 10.1 Å². The van der Waals surface area contributed by atoms with Crippen molar-refractivity contribution in [1.82, 2.24) is 14.9 Å². The van der Waals surface area contributed by atoms with Crippen LogP contribution in [0.4, 0.5) is 5.69 Å². The van der Waals surface area contributed by atoms with E-state index < -0.39 is 4.92 Å². The number of nitro groups is 1. The second-order valence-electron chi connectivity index (χ2n) is 5.14. The van der Waals surface area contributed by atoms with Crippen LogP contribution >= 0.6 is 0 Å². The van der Waals surface area contributed by atoms with Gasteiger partial charge in [0, 0.05) is 6.07 Å². The summed E-state index contributed by atoms with van der Waals surface area (Å²) < 4.78 is 7.15. The molecule has 1 aromatic carbocycles. The fourth-order valence-corrected chi connectivity index (χ4v) is 2.06. The predicted molar refractivity (Wildman–Crippen MR) is 78.9 cm³/mol. The van der Waals surface area contributed by atoms with Gasteiger partial charge < -0.3 is 10.1 Å². The van der Waals surface area contributed by atoms with Gasteiger partial charge in [0.05, 0.1) is 47.5 Å². The van der Waals surface area contributed by atoms with Gasteiger partial charge in [0.25, 0.3) is 5.69 Å². The Labute approximate surface area is 122 Å². The molecule has 0 aliphatic heterocycles. The zero-order chi connectivity index (χ0) is 15.6. The molecule has 0 bridgehead atoms. The highest BCUT2D eigenvalue weighted by Crippen LogP contribution is 2.31. The van der Waals surface area contributed by atoms with Gasteiger partial charge in [-0.2, -0.15) is 0 Å². The SMILES string of the molecule is CNC(C)(C)c1cncn1-c1ccc([N+](=O)[O-])cc1OC. The van der Waals surface area contributed by atoms with E-state index in [1.165, 1.54) is 19.2 Å².